The van der Waals surface area contributed by atoms with Crippen LogP contribution >= 0.6 is 0 Å². The molecule has 0 atom stereocenters. The lowest BCUT2D eigenvalue weighted by Gasteiger charge is -2.08. The number of halogens is 2. The number of aromatic amines is 1. The van der Waals surface area contributed by atoms with Gasteiger partial charge in [-0.05, 0) is 0 Å². The molecule has 0 bridgehead atoms. The van der Waals surface area contributed by atoms with Crippen molar-refractivity contribution in [3.05, 3.63) is 27.7 Å². The van der Waals surface area contributed by atoms with E-state index in [4.69, 9.17) is 10.5 Å². The number of nitrogens with one attached hydrogen (secondary N) is 1. The largest absolute Gasteiger partial charge is 0.491 e. The van der Waals surface area contributed by atoms with Crippen molar-refractivity contribution < 1.29 is 13.5 Å². The highest BCUT2D eigenvalue weighted by atomic mass is 19.3. The molecule has 1 rings (SSSR count). The summed E-state index contributed by atoms with van der Waals surface area (Å²) in [7, 11) is 1.28. The van der Waals surface area contributed by atoms with Gasteiger partial charge in [0.25, 0.3) is 6.43 Å². The maximum absolute atomic E-state index is 12.2. The number of H-pyrrole nitrogens is 1. The SMILES string of the molecule is COc1c(CN)[nH]c(C(F)F)cc1=O. The molecular weight excluding hydrogens is 194 g/mol. The molecule has 1 heterocycles. The number of methoxy groups -OCH3 is 1. The van der Waals surface area contributed by atoms with E-state index in [9.17, 15) is 13.6 Å². The summed E-state index contributed by atoms with van der Waals surface area (Å²) in [4.78, 5) is 13.6. The quantitative estimate of drug-likeness (QED) is 0.764. The van der Waals surface area contributed by atoms with Gasteiger partial charge in [0.1, 0.15) is 0 Å². The minimum absolute atomic E-state index is 0.0168. The molecule has 0 aliphatic carbocycles. The fourth-order valence-corrected chi connectivity index (χ4v) is 1.11. The van der Waals surface area contributed by atoms with Crippen molar-refractivity contribution in [3.63, 3.8) is 0 Å². The molecule has 3 N–H and O–H groups in total. The Morgan fingerprint density at radius 2 is 2.29 bits per heavy atom. The Kier molecular flexibility index (Phi) is 3.19. The Bertz CT molecular complexity index is 376. The van der Waals surface area contributed by atoms with Gasteiger partial charge in [0.15, 0.2) is 5.75 Å². The first-order valence-electron chi connectivity index (χ1n) is 3.88. The van der Waals surface area contributed by atoms with Gasteiger partial charge in [-0.1, -0.05) is 0 Å². The summed E-state index contributed by atoms with van der Waals surface area (Å²) in [5.74, 6) is -0.0168. The zero-order valence-corrected chi connectivity index (χ0v) is 7.51. The summed E-state index contributed by atoms with van der Waals surface area (Å²) in [6.45, 7) is -0.0566. The van der Waals surface area contributed by atoms with Crippen LogP contribution in [-0.4, -0.2) is 12.1 Å². The third-order valence-electron chi connectivity index (χ3n) is 1.72. The van der Waals surface area contributed by atoms with E-state index in [1.165, 1.54) is 7.11 Å². The van der Waals surface area contributed by atoms with Crippen LogP contribution in [0.4, 0.5) is 8.78 Å². The lowest BCUT2D eigenvalue weighted by molar-refractivity contribution is 0.145. The first kappa shape index (κ1) is 10.6. The molecule has 0 saturated carbocycles. The average Bonchev–Trinajstić information content (AvgIpc) is 2.16. The minimum Gasteiger partial charge on any atom is -0.491 e. The van der Waals surface area contributed by atoms with Gasteiger partial charge < -0.3 is 15.5 Å². The highest BCUT2D eigenvalue weighted by molar-refractivity contribution is 5.29. The molecule has 0 saturated heterocycles. The molecule has 1 aromatic rings. The van der Waals surface area contributed by atoms with E-state index in [0.717, 1.165) is 6.07 Å². The Morgan fingerprint density at radius 1 is 1.64 bits per heavy atom. The molecule has 78 valence electrons. The number of rotatable bonds is 3. The highest BCUT2D eigenvalue weighted by Crippen LogP contribution is 2.18. The predicted molar refractivity (Wildman–Crippen MR) is 46.5 cm³/mol. The Labute approximate surface area is 78.7 Å². The second-order valence-electron chi connectivity index (χ2n) is 2.61. The Balaban J connectivity index is 3.32. The van der Waals surface area contributed by atoms with Crippen LogP contribution < -0.4 is 15.9 Å². The summed E-state index contributed by atoms with van der Waals surface area (Å²) in [5.41, 5.74) is 4.40. The molecule has 6 heteroatoms. The van der Waals surface area contributed by atoms with Crippen LogP contribution in [0.15, 0.2) is 10.9 Å². The molecule has 0 spiro atoms. The molecule has 0 amide bonds. The van der Waals surface area contributed by atoms with Crippen molar-refractivity contribution >= 4 is 0 Å². The summed E-state index contributed by atoms with van der Waals surface area (Å²) in [6, 6.07) is 0.808. The van der Waals surface area contributed by atoms with Gasteiger partial charge in [-0.2, -0.15) is 0 Å². The van der Waals surface area contributed by atoms with E-state index in [0.29, 0.717) is 0 Å². The van der Waals surface area contributed by atoms with Gasteiger partial charge in [-0.25, -0.2) is 8.78 Å². The first-order valence-corrected chi connectivity index (χ1v) is 3.88. The number of pyridine rings is 1. The summed E-state index contributed by atoms with van der Waals surface area (Å²) >= 11 is 0. The number of ether oxygens (including phenoxy) is 1. The molecule has 4 nitrogen and oxygen atoms in total. The topological polar surface area (TPSA) is 68.1 Å². The fraction of sp³-hybridized carbons (Fsp3) is 0.375. The van der Waals surface area contributed by atoms with E-state index in [1.54, 1.807) is 0 Å². The van der Waals surface area contributed by atoms with Crippen molar-refractivity contribution in [2.24, 2.45) is 5.73 Å². The second-order valence-corrected chi connectivity index (χ2v) is 2.61. The molecule has 0 aromatic carbocycles. The van der Waals surface area contributed by atoms with Crippen LogP contribution in [0.5, 0.6) is 5.75 Å². The third-order valence-corrected chi connectivity index (χ3v) is 1.72. The van der Waals surface area contributed by atoms with Crippen molar-refractivity contribution in [2.75, 3.05) is 7.11 Å². The number of alkyl halides is 2. The standard InChI is InChI=1S/C8H10F2N2O2/c1-14-7-5(3-11)12-4(8(9)10)2-6(7)13/h2,8H,3,11H2,1H3,(H,12,13). The predicted octanol–water partition coefficient (Wildman–Crippen LogP) is 0.780. The van der Waals surface area contributed by atoms with Crippen LogP contribution in [0.25, 0.3) is 0 Å². The minimum atomic E-state index is -2.72. The van der Waals surface area contributed by atoms with Gasteiger partial charge in [-0.15, -0.1) is 0 Å². The van der Waals surface area contributed by atoms with Crippen molar-refractivity contribution in [1.82, 2.24) is 4.98 Å². The van der Waals surface area contributed by atoms with Crippen LogP contribution in [0, 0.1) is 0 Å². The summed E-state index contributed by atoms with van der Waals surface area (Å²) in [5, 5.41) is 0. The third kappa shape index (κ3) is 1.90. The van der Waals surface area contributed by atoms with E-state index in [-0.39, 0.29) is 18.0 Å². The summed E-state index contributed by atoms with van der Waals surface area (Å²) in [6.07, 6.45) is -2.72. The first-order chi connectivity index (χ1) is 6.60. The molecule has 0 fully saturated rings. The van der Waals surface area contributed by atoms with Gasteiger partial charge in [0.05, 0.1) is 18.5 Å². The van der Waals surface area contributed by atoms with Crippen molar-refractivity contribution in [2.45, 2.75) is 13.0 Å². The molecule has 0 aliphatic rings. The molecule has 0 unspecified atom stereocenters. The van der Waals surface area contributed by atoms with Gasteiger partial charge in [-0.3, -0.25) is 4.79 Å². The fourth-order valence-electron chi connectivity index (χ4n) is 1.11. The van der Waals surface area contributed by atoms with E-state index in [2.05, 4.69) is 4.98 Å². The maximum Gasteiger partial charge on any atom is 0.278 e. The van der Waals surface area contributed by atoms with E-state index < -0.39 is 17.5 Å². The Hall–Kier alpha value is -1.43. The molecule has 0 radical (unpaired) electrons. The maximum atomic E-state index is 12.2. The normalized spacial score (nSPS) is 10.6. The second kappa shape index (κ2) is 4.19. The van der Waals surface area contributed by atoms with Crippen LogP contribution in [0.1, 0.15) is 17.8 Å². The number of aromatic nitrogens is 1. The molecule has 14 heavy (non-hydrogen) atoms. The molecule has 1 aromatic heterocycles. The number of hydrogen-bond donors (Lipinski definition) is 2. The Morgan fingerprint density at radius 3 is 2.71 bits per heavy atom. The molecular formula is C8H10F2N2O2. The highest BCUT2D eigenvalue weighted by Gasteiger charge is 2.14. The number of hydrogen-bond acceptors (Lipinski definition) is 3. The number of nitrogens with two attached hydrogens (primary N) is 1. The lowest BCUT2D eigenvalue weighted by atomic mass is 10.2. The van der Waals surface area contributed by atoms with E-state index >= 15 is 0 Å². The van der Waals surface area contributed by atoms with Crippen LogP contribution in [0.3, 0.4) is 0 Å². The van der Waals surface area contributed by atoms with Crippen molar-refractivity contribution in [3.8, 4) is 5.75 Å². The zero-order chi connectivity index (χ0) is 10.7. The monoisotopic (exact) mass is 204 g/mol. The zero-order valence-electron chi connectivity index (χ0n) is 7.51. The molecule has 0 aliphatic heterocycles. The average molecular weight is 204 g/mol. The van der Waals surface area contributed by atoms with Gasteiger partial charge in [0, 0.05) is 12.6 Å². The van der Waals surface area contributed by atoms with Crippen molar-refractivity contribution in [1.29, 1.82) is 0 Å². The van der Waals surface area contributed by atoms with Gasteiger partial charge >= 0.3 is 0 Å². The van der Waals surface area contributed by atoms with Gasteiger partial charge in [0.2, 0.25) is 5.43 Å². The summed E-state index contributed by atoms with van der Waals surface area (Å²) < 4.78 is 29.2. The van der Waals surface area contributed by atoms with E-state index in [1.807, 2.05) is 0 Å². The van der Waals surface area contributed by atoms with Crippen LogP contribution in [-0.2, 0) is 6.54 Å². The smallest absolute Gasteiger partial charge is 0.278 e. The lowest BCUT2D eigenvalue weighted by Crippen LogP contribution is -2.14. The van der Waals surface area contributed by atoms with Crippen LogP contribution in [0.2, 0.25) is 0 Å².